The molecule has 4 nitrogen and oxygen atoms in total. The second-order valence-electron chi connectivity index (χ2n) is 4.60. The lowest BCUT2D eigenvalue weighted by atomic mass is 10.3. The van der Waals surface area contributed by atoms with Gasteiger partial charge in [0.15, 0.2) is 0 Å². The topological polar surface area (TPSA) is 39.1 Å². The van der Waals surface area contributed by atoms with Gasteiger partial charge in [0.1, 0.15) is 5.75 Å². The second kappa shape index (κ2) is 4.82. The van der Waals surface area contributed by atoms with Crippen LogP contribution in [0.2, 0.25) is 0 Å². The van der Waals surface area contributed by atoms with Crippen molar-refractivity contribution in [1.29, 1.82) is 0 Å². The van der Waals surface area contributed by atoms with Gasteiger partial charge in [-0.2, -0.15) is 0 Å². The Hall–Kier alpha value is -1.81. The Bertz CT molecular complexity index is 531. The zero-order chi connectivity index (χ0) is 12.4. The van der Waals surface area contributed by atoms with E-state index < -0.39 is 0 Å². The van der Waals surface area contributed by atoms with Crippen LogP contribution in [0.4, 0.5) is 0 Å². The van der Waals surface area contributed by atoms with Crippen molar-refractivity contribution in [3.05, 3.63) is 42.5 Å². The van der Waals surface area contributed by atoms with E-state index in [2.05, 4.69) is 10.3 Å². The third-order valence-electron chi connectivity index (χ3n) is 3.15. The highest BCUT2D eigenvalue weighted by molar-refractivity contribution is 5.46. The number of hydrogen-bond acceptors (Lipinski definition) is 3. The molecule has 1 N–H and O–H groups in total. The first-order valence-electron chi connectivity index (χ1n) is 6.26. The highest BCUT2D eigenvalue weighted by atomic mass is 16.5. The van der Waals surface area contributed by atoms with E-state index in [1.54, 1.807) is 7.11 Å². The van der Waals surface area contributed by atoms with Crippen LogP contribution in [0.15, 0.2) is 36.8 Å². The van der Waals surface area contributed by atoms with Gasteiger partial charge in [0.25, 0.3) is 0 Å². The number of aromatic nitrogens is 2. The molecule has 0 atom stereocenters. The van der Waals surface area contributed by atoms with Crippen LogP contribution in [0, 0.1) is 0 Å². The summed E-state index contributed by atoms with van der Waals surface area (Å²) in [4.78, 5) is 4.41. The Morgan fingerprint density at radius 1 is 1.39 bits per heavy atom. The molecule has 4 heteroatoms. The molecule has 18 heavy (non-hydrogen) atoms. The Morgan fingerprint density at radius 3 is 3.00 bits per heavy atom. The van der Waals surface area contributed by atoms with E-state index in [0.29, 0.717) is 6.04 Å². The molecule has 0 saturated heterocycles. The summed E-state index contributed by atoms with van der Waals surface area (Å²) in [6, 6.07) is 8.66. The van der Waals surface area contributed by atoms with E-state index in [4.69, 9.17) is 4.74 Å². The normalized spacial score (nSPS) is 14.7. The zero-order valence-corrected chi connectivity index (χ0v) is 10.5. The molecule has 0 aliphatic heterocycles. The summed E-state index contributed by atoms with van der Waals surface area (Å²) in [7, 11) is 1.69. The first-order chi connectivity index (χ1) is 8.86. The van der Waals surface area contributed by atoms with Crippen LogP contribution < -0.4 is 10.1 Å². The Balaban J connectivity index is 1.78. The third-order valence-corrected chi connectivity index (χ3v) is 3.15. The molecule has 0 amide bonds. The minimum atomic E-state index is 0.710. The molecule has 0 bridgehead atoms. The fraction of sp³-hybridized carbons (Fsp3) is 0.357. The predicted molar refractivity (Wildman–Crippen MR) is 70.0 cm³/mol. The first kappa shape index (κ1) is 11.3. The number of para-hydroxylation sites is 2. The van der Waals surface area contributed by atoms with Gasteiger partial charge in [-0.25, -0.2) is 4.98 Å². The monoisotopic (exact) mass is 243 g/mol. The van der Waals surface area contributed by atoms with Gasteiger partial charge in [-0.1, -0.05) is 12.1 Å². The minimum Gasteiger partial charge on any atom is -0.495 e. The Morgan fingerprint density at radius 2 is 2.22 bits per heavy atom. The average Bonchev–Trinajstić information content (AvgIpc) is 3.13. The average molecular weight is 243 g/mol. The largest absolute Gasteiger partial charge is 0.495 e. The Kier molecular flexibility index (Phi) is 3.02. The van der Waals surface area contributed by atoms with E-state index in [1.807, 2.05) is 41.4 Å². The maximum atomic E-state index is 5.35. The smallest absolute Gasteiger partial charge is 0.142 e. The molecule has 94 valence electrons. The maximum absolute atomic E-state index is 5.35. The van der Waals surface area contributed by atoms with Crippen molar-refractivity contribution < 1.29 is 4.74 Å². The van der Waals surface area contributed by atoms with Crippen LogP contribution in [-0.4, -0.2) is 22.7 Å². The summed E-state index contributed by atoms with van der Waals surface area (Å²) < 4.78 is 7.36. The number of methoxy groups -OCH3 is 1. The van der Waals surface area contributed by atoms with Gasteiger partial charge in [-0.15, -0.1) is 0 Å². The number of nitrogens with one attached hydrogen (secondary N) is 1. The number of hydrogen-bond donors (Lipinski definition) is 1. The fourth-order valence-corrected chi connectivity index (χ4v) is 1.97. The van der Waals surface area contributed by atoms with Gasteiger partial charge in [0.05, 0.1) is 24.8 Å². The molecule has 1 aliphatic rings. The van der Waals surface area contributed by atoms with Crippen LogP contribution in [-0.2, 0) is 6.54 Å². The molecule has 0 radical (unpaired) electrons. The molecule has 1 aromatic heterocycles. The van der Waals surface area contributed by atoms with Crippen LogP contribution >= 0.6 is 0 Å². The van der Waals surface area contributed by atoms with Crippen molar-refractivity contribution >= 4 is 0 Å². The SMILES string of the molecule is COc1ccccc1-n1cnc(CNC2CC2)c1. The quantitative estimate of drug-likeness (QED) is 0.874. The lowest BCUT2D eigenvalue weighted by Gasteiger charge is -2.07. The van der Waals surface area contributed by atoms with Gasteiger partial charge in [0, 0.05) is 18.8 Å². The highest BCUT2D eigenvalue weighted by Gasteiger charge is 2.20. The summed E-state index contributed by atoms with van der Waals surface area (Å²) in [5.74, 6) is 0.858. The van der Waals surface area contributed by atoms with E-state index in [0.717, 1.165) is 23.7 Å². The zero-order valence-electron chi connectivity index (χ0n) is 10.5. The molecule has 1 fully saturated rings. The van der Waals surface area contributed by atoms with Gasteiger partial charge in [-0.05, 0) is 25.0 Å². The number of imidazole rings is 1. The summed E-state index contributed by atoms with van der Waals surface area (Å²) in [5, 5.41) is 3.46. The Labute approximate surface area is 107 Å². The van der Waals surface area contributed by atoms with Crippen molar-refractivity contribution in [2.75, 3.05) is 7.11 Å². The van der Waals surface area contributed by atoms with E-state index in [-0.39, 0.29) is 0 Å². The van der Waals surface area contributed by atoms with Gasteiger partial charge >= 0.3 is 0 Å². The lowest BCUT2D eigenvalue weighted by molar-refractivity contribution is 0.413. The van der Waals surface area contributed by atoms with Gasteiger partial charge < -0.3 is 14.6 Å². The van der Waals surface area contributed by atoms with Crippen molar-refractivity contribution in [3.63, 3.8) is 0 Å². The van der Waals surface area contributed by atoms with Crippen LogP contribution in [0.25, 0.3) is 5.69 Å². The van der Waals surface area contributed by atoms with Crippen molar-refractivity contribution in [1.82, 2.24) is 14.9 Å². The molecular formula is C14H17N3O. The summed E-state index contributed by atoms with van der Waals surface area (Å²) in [6.07, 6.45) is 6.48. The fourth-order valence-electron chi connectivity index (χ4n) is 1.97. The minimum absolute atomic E-state index is 0.710. The van der Waals surface area contributed by atoms with Gasteiger partial charge in [0.2, 0.25) is 0 Å². The summed E-state index contributed by atoms with van der Waals surface area (Å²) in [5.41, 5.74) is 2.08. The summed E-state index contributed by atoms with van der Waals surface area (Å²) >= 11 is 0. The molecule has 1 saturated carbocycles. The predicted octanol–water partition coefficient (Wildman–Crippen LogP) is 2.13. The third kappa shape index (κ3) is 2.38. The molecule has 1 heterocycles. The number of ether oxygens (including phenoxy) is 1. The molecule has 2 aromatic rings. The number of rotatable bonds is 5. The molecule has 0 unspecified atom stereocenters. The van der Waals surface area contributed by atoms with E-state index in [1.165, 1.54) is 12.8 Å². The van der Waals surface area contributed by atoms with Gasteiger partial charge in [-0.3, -0.25) is 0 Å². The maximum Gasteiger partial charge on any atom is 0.142 e. The number of nitrogens with zero attached hydrogens (tertiary/aromatic N) is 2. The molecule has 3 rings (SSSR count). The molecule has 0 spiro atoms. The summed E-state index contributed by atoms with van der Waals surface area (Å²) in [6.45, 7) is 0.840. The number of benzene rings is 1. The van der Waals surface area contributed by atoms with Crippen LogP contribution in [0.3, 0.4) is 0 Å². The van der Waals surface area contributed by atoms with Crippen LogP contribution in [0.5, 0.6) is 5.75 Å². The van der Waals surface area contributed by atoms with E-state index in [9.17, 15) is 0 Å². The van der Waals surface area contributed by atoms with Crippen molar-refractivity contribution in [3.8, 4) is 11.4 Å². The second-order valence-corrected chi connectivity index (χ2v) is 4.60. The molecule has 1 aliphatic carbocycles. The molecule has 1 aromatic carbocycles. The molecular weight excluding hydrogens is 226 g/mol. The van der Waals surface area contributed by atoms with Crippen LogP contribution in [0.1, 0.15) is 18.5 Å². The standard InChI is InChI=1S/C14H17N3O/c1-18-14-5-3-2-4-13(14)17-9-12(16-10-17)8-15-11-6-7-11/h2-5,9-11,15H,6-8H2,1H3. The van der Waals surface area contributed by atoms with Crippen molar-refractivity contribution in [2.24, 2.45) is 0 Å². The highest BCUT2D eigenvalue weighted by Crippen LogP contribution is 2.22. The van der Waals surface area contributed by atoms with E-state index >= 15 is 0 Å². The van der Waals surface area contributed by atoms with Crippen molar-refractivity contribution in [2.45, 2.75) is 25.4 Å². The first-order valence-corrected chi connectivity index (χ1v) is 6.26. The lowest BCUT2D eigenvalue weighted by Crippen LogP contribution is -2.15.